The van der Waals surface area contributed by atoms with Crippen LogP contribution in [-0.4, -0.2) is 23.3 Å². The number of benzene rings is 2. The zero-order chi connectivity index (χ0) is 19.5. The zero-order valence-electron chi connectivity index (χ0n) is 14.8. The molecule has 6 heteroatoms. The molecule has 0 unspecified atom stereocenters. The Labute approximate surface area is 160 Å². The maximum absolute atomic E-state index is 13.0. The lowest BCUT2D eigenvalue weighted by Gasteiger charge is -2.07. The highest BCUT2D eigenvalue weighted by Crippen LogP contribution is 2.30. The highest BCUT2D eigenvalue weighted by molar-refractivity contribution is 6.14. The molecule has 4 rings (SSSR count). The highest BCUT2D eigenvalue weighted by Gasteiger charge is 2.23. The van der Waals surface area contributed by atoms with Crippen molar-refractivity contribution in [3.05, 3.63) is 95.5 Å². The van der Waals surface area contributed by atoms with Gasteiger partial charge in [0.2, 0.25) is 5.78 Å². The minimum Gasteiger partial charge on any atom is -0.618 e. The smallest absolute Gasteiger partial charge is 0.405 e. The van der Waals surface area contributed by atoms with Gasteiger partial charge in [-0.3, -0.25) is 4.79 Å². The number of fused-ring (bicyclic) bond motifs is 1. The number of hydrogen-bond acceptors (Lipinski definition) is 4. The molecule has 0 spiro atoms. The molecule has 6 nitrogen and oxygen atoms in total. The third kappa shape index (κ3) is 3.23. The molecule has 0 aliphatic heterocycles. The maximum atomic E-state index is 13.0. The van der Waals surface area contributed by atoms with E-state index in [4.69, 9.17) is 4.74 Å². The molecule has 0 saturated heterocycles. The van der Waals surface area contributed by atoms with Gasteiger partial charge in [-0.1, -0.05) is 48.5 Å². The molecule has 0 fully saturated rings. The number of nitrogens with zero attached hydrogens (tertiary/aromatic N) is 1. The summed E-state index contributed by atoms with van der Waals surface area (Å²) in [6.07, 6.45) is 1.20. The fourth-order valence-electron chi connectivity index (χ4n) is 3.12. The Morgan fingerprint density at radius 3 is 2.43 bits per heavy atom. The van der Waals surface area contributed by atoms with E-state index >= 15 is 0 Å². The Morgan fingerprint density at radius 2 is 1.64 bits per heavy atom. The second-order valence-corrected chi connectivity index (χ2v) is 6.20. The van der Waals surface area contributed by atoms with Gasteiger partial charge in [-0.15, -0.1) is 0 Å². The Bertz CT molecular complexity index is 1170. The average molecular weight is 372 g/mol. The fourth-order valence-corrected chi connectivity index (χ4v) is 3.12. The van der Waals surface area contributed by atoms with Crippen molar-refractivity contribution in [2.45, 2.75) is 0 Å². The second-order valence-electron chi connectivity index (χ2n) is 6.20. The molecule has 0 atom stereocenters. The molecule has 0 saturated carbocycles. The van der Waals surface area contributed by atoms with Crippen LogP contribution in [0.1, 0.15) is 20.8 Å². The number of Topliss-reactive ketones (excluding diaryl/α,β-unsaturated/α-hetero) is 1. The summed E-state index contributed by atoms with van der Waals surface area (Å²) >= 11 is 0. The largest absolute Gasteiger partial charge is 0.618 e. The van der Waals surface area contributed by atoms with Gasteiger partial charge in [0.1, 0.15) is 0 Å². The van der Waals surface area contributed by atoms with E-state index in [1.807, 2.05) is 54.6 Å². The molecule has 138 valence electrons. The Hall–Kier alpha value is -3.93. The van der Waals surface area contributed by atoms with Crippen molar-refractivity contribution >= 4 is 22.7 Å². The van der Waals surface area contributed by atoms with E-state index in [0.29, 0.717) is 16.0 Å². The molecular weight excluding hydrogens is 356 g/mol. The molecule has 4 aromatic rings. The van der Waals surface area contributed by atoms with Crippen molar-refractivity contribution in [1.82, 2.24) is 4.98 Å². The molecule has 0 aliphatic rings. The first-order valence-electron chi connectivity index (χ1n) is 8.70. The van der Waals surface area contributed by atoms with E-state index < -0.39 is 12.6 Å². The van der Waals surface area contributed by atoms with Gasteiger partial charge in [-0.05, 0) is 17.7 Å². The second kappa shape index (κ2) is 7.36. The number of hydrogen-bond donors (Lipinski definition) is 1. The van der Waals surface area contributed by atoms with Gasteiger partial charge >= 0.3 is 11.7 Å². The van der Waals surface area contributed by atoms with Crippen LogP contribution in [0.15, 0.2) is 79.0 Å². The normalized spacial score (nSPS) is 10.7. The highest BCUT2D eigenvalue weighted by atomic mass is 16.5. The van der Waals surface area contributed by atoms with Gasteiger partial charge < -0.3 is 14.9 Å². The lowest BCUT2D eigenvalue weighted by atomic mass is 10.0. The summed E-state index contributed by atoms with van der Waals surface area (Å²) in [4.78, 5) is 28.4. The molecule has 0 radical (unpaired) electrons. The van der Waals surface area contributed by atoms with Crippen molar-refractivity contribution in [3.8, 4) is 11.3 Å². The minimum absolute atomic E-state index is 0.169. The summed E-state index contributed by atoms with van der Waals surface area (Å²) in [5, 5.41) is 12.4. The van der Waals surface area contributed by atoms with Gasteiger partial charge in [-0.2, -0.15) is 4.73 Å². The minimum atomic E-state index is -0.843. The van der Waals surface area contributed by atoms with E-state index in [1.54, 1.807) is 6.07 Å². The third-order valence-electron chi connectivity index (χ3n) is 4.41. The summed E-state index contributed by atoms with van der Waals surface area (Å²) < 4.78 is 5.52. The summed E-state index contributed by atoms with van der Waals surface area (Å²) in [5.74, 6) is -1.19. The van der Waals surface area contributed by atoms with Crippen LogP contribution in [0.2, 0.25) is 0 Å². The van der Waals surface area contributed by atoms with Gasteiger partial charge in [0.15, 0.2) is 12.8 Å². The number of esters is 1. The molecule has 0 aliphatic carbocycles. The van der Waals surface area contributed by atoms with Crippen molar-refractivity contribution in [1.29, 1.82) is 0 Å². The average Bonchev–Trinajstić information content (AvgIpc) is 3.12. The van der Waals surface area contributed by atoms with Crippen LogP contribution < -0.4 is 4.73 Å². The zero-order valence-corrected chi connectivity index (χ0v) is 14.8. The van der Waals surface area contributed by atoms with Crippen LogP contribution in [0.25, 0.3) is 22.2 Å². The van der Waals surface area contributed by atoms with Crippen LogP contribution in [0.5, 0.6) is 0 Å². The topological polar surface area (TPSA) is 86.1 Å². The van der Waals surface area contributed by atoms with Crippen LogP contribution >= 0.6 is 0 Å². The SMILES string of the molecule is O=C(COC(=O)c1cccc[n+]1[O-])c1c(-c2ccccc2)[nH]c2ccccc12. The molecule has 28 heavy (non-hydrogen) atoms. The van der Waals surface area contributed by atoms with Gasteiger partial charge in [-0.25, -0.2) is 4.79 Å². The standard InChI is InChI=1S/C22H16N2O4/c25-19(14-28-22(26)18-12-6-7-13-24(18)27)20-16-10-4-5-11-17(16)23-21(20)15-8-2-1-3-9-15/h1-13,23H,14H2. The summed E-state index contributed by atoms with van der Waals surface area (Å²) in [6, 6.07) is 21.3. The van der Waals surface area contributed by atoms with Gasteiger partial charge in [0, 0.05) is 23.0 Å². The molecule has 2 heterocycles. The van der Waals surface area contributed by atoms with Crippen molar-refractivity contribution in [2.24, 2.45) is 0 Å². The van der Waals surface area contributed by atoms with E-state index in [2.05, 4.69) is 4.98 Å². The Kier molecular flexibility index (Phi) is 4.60. The Balaban J connectivity index is 1.66. The molecule has 1 N–H and O–H groups in total. The molecular formula is C22H16N2O4. The number of ketones is 1. The fraction of sp³-hybridized carbons (Fsp3) is 0.0455. The molecule has 2 aromatic carbocycles. The van der Waals surface area contributed by atoms with Crippen LogP contribution in [0.4, 0.5) is 0 Å². The quantitative estimate of drug-likeness (QED) is 0.251. The number of H-pyrrole nitrogens is 1. The summed E-state index contributed by atoms with van der Waals surface area (Å²) in [5.41, 5.74) is 2.63. The number of rotatable bonds is 5. The Morgan fingerprint density at radius 1 is 0.929 bits per heavy atom. The van der Waals surface area contributed by atoms with Crippen LogP contribution in [0, 0.1) is 5.21 Å². The lowest BCUT2D eigenvalue weighted by molar-refractivity contribution is -0.608. The number of pyridine rings is 1. The van der Waals surface area contributed by atoms with E-state index in [0.717, 1.165) is 16.5 Å². The predicted octanol–water partition coefficient (Wildman–Crippen LogP) is 3.51. The first-order valence-corrected chi connectivity index (χ1v) is 8.70. The van der Waals surface area contributed by atoms with Gasteiger partial charge in [0.05, 0.1) is 11.3 Å². The third-order valence-corrected chi connectivity index (χ3v) is 4.41. The summed E-state index contributed by atoms with van der Waals surface area (Å²) in [7, 11) is 0. The number of carbonyl (C=O) groups excluding carboxylic acids is 2. The molecule has 0 bridgehead atoms. The van der Waals surface area contributed by atoms with Crippen molar-refractivity contribution in [2.75, 3.05) is 6.61 Å². The van der Waals surface area contributed by atoms with Crippen LogP contribution in [0.3, 0.4) is 0 Å². The van der Waals surface area contributed by atoms with E-state index in [-0.39, 0.29) is 11.5 Å². The van der Waals surface area contributed by atoms with E-state index in [9.17, 15) is 14.8 Å². The number of ether oxygens (including phenoxy) is 1. The van der Waals surface area contributed by atoms with Gasteiger partial charge in [0.25, 0.3) is 0 Å². The van der Waals surface area contributed by atoms with Crippen molar-refractivity contribution < 1.29 is 19.1 Å². The maximum Gasteiger partial charge on any atom is 0.405 e. The number of para-hydroxylation sites is 1. The molecule has 0 amide bonds. The number of aromatic nitrogens is 2. The number of aromatic amines is 1. The lowest BCUT2D eigenvalue weighted by Crippen LogP contribution is -2.35. The summed E-state index contributed by atoms with van der Waals surface area (Å²) in [6.45, 7) is -0.463. The monoisotopic (exact) mass is 372 g/mol. The first kappa shape index (κ1) is 17.5. The van der Waals surface area contributed by atoms with Crippen molar-refractivity contribution in [3.63, 3.8) is 0 Å². The van der Waals surface area contributed by atoms with E-state index in [1.165, 1.54) is 18.3 Å². The number of carbonyl (C=O) groups is 2. The first-order chi connectivity index (χ1) is 13.6. The number of nitrogens with one attached hydrogen (secondary N) is 1. The molecule has 2 aromatic heterocycles. The van der Waals surface area contributed by atoms with Crippen LogP contribution in [-0.2, 0) is 4.74 Å². The predicted molar refractivity (Wildman–Crippen MR) is 104 cm³/mol.